The number of rotatable bonds is 17. The van der Waals surface area contributed by atoms with E-state index in [0.717, 1.165) is 12.1 Å². The molecule has 3 aromatic carbocycles. The summed E-state index contributed by atoms with van der Waals surface area (Å²) in [7, 11) is -6.02. The number of sulfonamides is 1. The monoisotopic (exact) mass is 1740 g/mol. The predicted molar refractivity (Wildman–Crippen MR) is 376 cm³/mol. The van der Waals surface area contributed by atoms with Gasteiger partial charge in [-0.25, -0.2) is 8.42 Å². The van der Waals surface area contributed by atoms with Crippen LogP contribution in [0.5, 0.6) is 0 Å². The van der Waals surface area contributed by atoms with Gasteiger partial charge in [-0.2, -0.15) is 13.1 Å². The molecule has 30 aliphatic heterocycles. The number of aryl methyl sites for hydroxylation is 1. The third-order valence-electron chi connectivity index (χ3n) is 21.7. The minimum Gasteiger partial charge on any atom is -0.462 e. The Labute approximate surface area is 670 Å². The first-order valence-corrected chi connectivity index (χ1v) is 40.2. The summed E-state index contributed by atoms with van der Waals surface area (Å²) in [6.07, 6.45) is -88.4. The van der Waals surface area contributed by atoms with Crippen molar-refractivity contribution < 1.29 is 219 Å². The molecule has 0 amide bonds. The molecule has 0 aromatic heterocycles. The highest BCUT2D eigenvalue weighted by Crippen LogP contribution is 2.41. The Morgan fingerprint density at radius 1 is 0.347 bits per heavy atom. The molecule has 33 rings (SSSR count). The van der Waals surface area contributed by atoms with Crippen molar-refractivity contribution in [3.05, 3.63) is 66.2 Å². The molecule has 0 unspecified atom stereocenters. The Bertz CT molecular complexity index is 3990. The maximum Gasteiger partial charge on any atom is 0.321 e. The lowest BCUT2D eigenvalue weighted by Gasteiger charge is -2.50. The normalized spacial score (nSPS) is 44.5. The number of carbonyl (C=O) groups is 1. The van der Waals surface area contributed by atoms with E-state index in [9.17, 15) is 134 Å². The number of fused-ring (bicyclic) bond motifs is 1. The highest BCUT2D eigenvalue weighted by Gasteiger charge is 2.61. The SMILES string of the molecule is Cc1ccc(S(=O)(=O)OC[C@H]2O[C@@H]3O[C@H]4[C@H](O)[C@@H](O)[C@@H](O[C@H]5[C@H](O)[C@@H](O)[C@@H](O[C@H]6[C@H](O)[C@@H](O)[C@@H](O[C@H]7[C@H](O)[C@@H](O)[C@@H](O[C@H]8[C@H](O)[C@@H](O)[C@@H](O[C@H]9[C@H](O)[C@H](O)[C@@H](O[C@H]%10[C@H](O)[C@@H](O)[C@@H](O[C@H]2[C@H](O)[C@H]3O)O[C@@H]%10CO)O[C@@H]9CO)O[C@@H]8CO)O[C@H]7CO)O[C@@H]6CO)O[C@H]5CO)O[C@H]4COC(=O)CNS(=O)(=O)c2cccc3c(N(C)C)cccc23)cc1. The fraction of sp³-hybridized carbons (Fsp3) is 0.754. The van der Waals surface area contributed by atoms with Crippen LogP contribution in [-0.2, 0) is 110 Å². The highest BCUT2D eigenvalue weighted by atomic mass is 32.2. The van der Waals surface area contributed by atoms with E-state index in [1.807, 2.05) is 0 Å². The van der Waals surface area contributed by atoms with Crippen LogP contribution in [-0.4, -0.2) is 454 Å². The Balaban J connectivity index is 0.854. The molecular formula is C69H100N2O45S2. The van der Waals surface area contributed by atoms with Crippen LogP contribution < -0.4 is 9.62 Å². The number of anilines is 1. The molecule has 0 radical (unpaired) electrons. The Kier molecular flexibility index (Phi) is 30.6. The van der Waals surface area contributed by atoms with Crippen molar-refractivity contribution in [2.45, 2.75) is 262 Å². The fourth-order valence-electron chi connectivity index (χ4n) is 15.2. The molecular weight excluding hydrogens is 1640 g/mol. The van der Waals surface area contributed by atoms with E-state index >= 15 is 0 Å². The molecule has 0 saturated carbocycles. The maximum atomic E-state index is 14.0. The summed E-state index contributed by atoms with van der Waals surface area (Å²) in [5.74, 6) is -1.38. The first-order chi connectivity index (χ1) is 56.0. The largest absolute Gasteiger partial charge is 0.462 e. The number of ether oxygens (including phenoxy) is 17. The number of aliphatic hydroxyl groups excluding tert-OH is 22. The third-order valence-corrected chi connectivity index (χ3v) is 24.4. The van der Waals surface area contributed by atoms with E-state index < -0.39 is 336 Å². The van der Waals surface area contributed by atoms with Gasteiger partial charge < -0.3 is 198 Å². The number of aliphatic hydroxyl groups is 22. The van der Waals surface area contributed by atoms with E-state index in [-0.39, 0.29) is 10.3 Å². The van der Waals surface area contributed by atoms with Gasteiger partial charge >= 0.3 is 5.97 Å². The van der Waals surface area contributed by atoms with E-state index in [1.165, 1.54) is 30.3 Å². The smallest absolute Gasteiger partial charge is 0.321 e. The van der Waals surface area contributed by atoms with Crippen molar-refractivity contribution in [1.29, 1.82) is 0 Å². The van der Waals surface area contributed by atoms with Crippen LogP contribution in [0.25, 0.3) is 10.8 Å². The van der Waals surface area contributed by atoms with E-state index in [1.54, 1.807) is 44.1 Å². The molecule has 118 heavy (non-hydrogen) atoms. The molecule has 47 nitrogen and oxygen atoms in total. The lowest BCUT2D eigenvalue weighted by atomic mass is 9.94. The van der Waals surface area contributed by atoms with E-state index in [4.69, 9.17) is 84.7 Å². The van der Waals surface area contributed by atoms with Gasteiger partial charge in [0.2, 0.25) is 10.0 Å². The zero-order valence-corrected chi connectivity index (χ0v) is 64.4. The van der Waals surface area contributed by atoms with Crippen LogP contribution in [0.1, 0.15) is 5.56 Å². The summed E-state index contributed by atoms with van der Waals surface area (Å²) in [5, 5.41) is 253. The molecule has 0 spiro atoms. The minimum absolute atomic E-state index is 0.243. The Hall–Kier alpha value is -4.51. The second-order valence-corrected chi connectivity index (χ2v) is 33.0. The lowest BCUT2D eigenvalue weighted by molar-refractivity contribution is -0.404. The number of benzene rings is 3. The molecule has 23 N–H and O–H groups in total. The van der Waals surface area contributed by atoms with Gasteiger partial charge in [0.15, 0.2) is 50.3 Å². The lowest BCUT2D eigenvalue weighted by Crippen LogP contribution is -2.69. The molecule has 668 valence electrons. The molecule has 3 aromatic rings. The second kappa shape index (κ2) is 38.9. The molecule has 30 aliphatic rings. The fourth-order valence-corrected chi connectivity index (χ4v) is 17.3. The molecule has 30 saturated heterocycles. The Morgan fingerprint density at radius 3 is 0.898 bits per heavy atom. The van der Waals surface area contributed by atoms with Gasteiger partial charge in [-0.05, 0) is 31.2 Å². The van der Waals surface area contributed by atoms with Gasteiger partial charge in [0.05, 0.1) is 56.0 Å². The van der Waals surface area contributed by atoms with Crippen LogP contribution in [0.4, 0.5) is 5.69 Å². The number of esters is 1. The molecule has 49 heteroatoms. The Morgan fingerprint density at radius 2 is 0.610 bits per heavy atom. The van der Waals surface area contributed by atoms with Crippen LogP contribution >= 0.6 is 0 Å². The number of carbonyl (C=O) groups excluding carboxylic acids is 1. The van der Waals surface area contributed by atoms with Crippen molar-refractivity contribution in [2.24, 2.45) is 0 Å². The van der Waals surface area contributed by atoms with Gasteiger partial charge in [-0.1, -0.05) is 42.0 Å². The summed E-state index contributed by atoms with van der Waals surface area (Å²) in [5.41, 5.74) is 1.23. The first-order valence-electron chi connectivity index (χ1n) is 37.3. The van der Waals surface area contributed by atoms with Crippen LogP contribution in [0, 0.1) is 6.92 Å². The van der Waals surface area contributed by atoms with Gasteiger partial charge in [-0.3, -0.25) is 8.98 Å². The third kappa shape index (κ3) is 19.2. The van der Waals surface area contributed by atoms with E-state index in [0.29, 0.717) is 16.6 Å². The topological polar surface area (TPSA) is 712 Å². The van der Waals surface area contributed by atoms with Gasteiger partial charge in [-0.15, -0.1) is 0 Å². The van der Waals surface area contributed by atoms with Crippen molar-refractivity contribution >= 4 is 42.6 Å². The van der Waals surface area contributed by atoms with Crippen molar-refractivity contribution in [2.75, 3.05) is 78.4 Å². The minimum atomic E-state index is -4.87. The summed E-state index contributed by atoms with van der Waals surface area (Å²) in [4.78, 5) is 14.8. The molecule has 0 aliphatic carbocycles. The number of hydrogen-bond donors (Lipinski definition) is 23. The van der Waals surface area contributed by atoms with Gasteiger partial charge in [0.1, 0.15) is 208 Å². The summed E-state index contributed by atoms with van der Waals surface area (Å²) in [6, 6.07) is 14.3. The summed E-state index contributed by atoms with van der Waals surface area (Å²) >= 11 is 0. The highest BCUT2D eigenvalue weighted by molar-refractivity contribution is 7.89. The van der Waals surface area contributed by atoms with Crippen molar-refractivity contribution in [3.63, 3.8) is 0 Å². The molecule has 30 heterocycles. The average Bonchev–Trinajstić information content (AvgIpc) is 0.762. The summed E-state index contributed by atoms with van der Waals surface area (Å²) in [6.45, 7) is -8.92. The van der Waals surface area contributed by atoms with Crippen LogP contribution in [0.15, 0.2) is 70.5 Å². The first kappa shape index (κ1) is 92.7. The summed E-state index contributed by atoms with van der Waals surface area (Å²) < 4.78 is 162. The molecule has 30 fully saturated rings. The van der Waals surface area contributed by atoms with Crippen molar-refractivity contribution in [3.8, 4) is 0 Å². The standard InChI is InChI=1S/C69H100N2O45S2/c1-23-10-12-24(13-11-23)118(97,98)100-22-35-61-45(86)53(94)69(108-35)115-60-34(21-99-37(78)14-70-117(95,96)36-9-5-6-25-26(36)7-4-8-27(25)71(2)3)107-68(52(93)44(60)85)114-59-33(20-77)105-66(50(91)42(59)83)112-57-31(18-75)103-64(48(89)40(57)81)110-55-29(16-73)101-62(46(87)38(55)79)109-54-28(15-72)102-63(47(88)39(54)80)111-56-30(17-74)104-65(49(90)41(56)82)113-58-32(19-76)106-67(116-61)51(92)43(58)84/h4-13,28-35,38-70,72-77,79-94H,14-22H2,1-3H3/t28-,29+,30-,31-,32-,33+,34+,35-,38-,39-,40-,41-,42-,43-,44-,45-,46-,47-,48-,49+,50-,51-,52-,53-,54-,55-,56-,57-,58-,59-,60-,61-,62-,63-,64-,65-,66-,67-,68-,69-/m1/s1. The van der Waals surface area contributed by atoms with Crippen molar-refractivity contribution in [1.82, 2.24) is 4.72 Å². The predicted octanol–water partition coefficient (Wildman–Crippen LogP) is -13.9. The van der Waals surface area contributed by atoms with Gasteiger partial charge in [0.25, 0.3) is 10.1 Å². The van der Waals surface area contributed by atoms with E-state index in [2.05, 4.69) is 4.72 Å². The zero-order chi connectivity index (χ0) is 85.6. The number of hydrogen-bond acceptors (Lipinski definition) is 46. The quantitative estimate of drug-likeness (QED) is 0.0441. The maximum absolute atomic E-state index is 14.0. The zero-order valence-electron chi connectivity index (χ0n) is 62.7. The van der Waals surface area contributed by atoms with Crippen LogP contribution in [0.3, 0.4) is 0 Å². The average molecular weight is 1740 g/mol. The molecule has 40 atom stereocenters. The molecule has 16 bridgehead atoms. The number of nitrogens with zero attached hydrogens (tertiary/aromatic N) is 1. The number of nitrogens with one attached hydrogen (secondary N) is 1. The van der Waals surface area contributed by atoms with Gasteiger partial charge in [0, 0.05) is 30.6 Å². The van der Waals surface area contributed by atoms with Crippen LogP contribution in [0.2, 0.25) is 0 Å². The second-order valence-electron chi connectivity index (χ2n) is 29.7.